The van der Waals surface area contributed by atoms with Gasteiger partial charge in [0.1, 0.15) is 5.82 Å². The summed E-state index contributed by atoms with van der Waals surface area (Å²) in [5.74, 6) is -0.491. The Morgan fingerprint density at radius 1 is 1.19 bits per heavy atom. The summed E-state index contributed by atoms with van der Waals surface area (Å²) in [4.78, 5) is 17.8. The predicted octanol–water partition coefficient (Wildman–Crippen LogP) is 3.56. The molecule has 26 heavy (non-hydrogen) atoms. The van der Waals surface area contributed by atoms with Gasteiger partial charge in [-0.1, -0.05) is 54.0 Å². The van der Waals surface area contributed by atoms with Gasteiger partial charge in [0, 0.05) is 23.9 Å². The first kappa shape index (κ1) is 16.8. The number of amides is 1. The van der Waals surface area contributed by atoms with Gasteiger partial charge < -0.3 is 10.2 Å². The van der Waals surface area contributed by atoms with E-state index in [1.165, 1.54) is 24.1 Å². The highest BCUT2D eigenvalue weighted by Gasteiger charge is 2.39. The molecule has 5 heteroatoms. The Bertz CT molecular complexity index is 831. The molecule has 0 bridgehead atoms. The van der Waals surface area contributed by atoms with Gasteiger partial charge in [0.05, 0.1) is 5.71 Å². The molecule has 4 nitrogen and oxygen atoms in total. The molecule has 2 aromatic rings. The number of carbonyl (C=O) groups excluding carboxylic acids is 1. The van der Waals surface area contributed by atoms with Crippen LogP contribution in [0.4, 0.5) is 4.39 Å². The molecule has 1 aliphatic carbocycles. The maximum atomic E-state index is 13.4. The Labute approximate surface area is 152 Å². The second kappa shape index (κ2) is 6.90. The molecule has 0 saturated heterocycles. The summed E-state index contributed by atoms with van der Waals surface area (Å²) in [6.07, 6.45) is 3.04. The van der Waals surface area contributed by atoms with Crippen molar-refractivity contribution in [3.63, 3.8) is 0 Å². The number of halogens is 1. The lowest BCUT2D eigenvalue weighted by atomic mass is 9.64. The van der Waals surface area contributed by atoms with Crippen molar-refractivity contribution < 1.29 is 14.0 Å². The molecule has 0 radical (unpaired) electrons. The average molecular weight is 352 g/mol. The van der Waals surface area contributed by atoms with Crippen molar-refractivity contribution in [3.8, 4) is 0 Å². The summed E-state index contributed by atoms with van der Waals surface area (Å²) < 4.78 is 13.4. The first-order valence-corrected chi connectivity index (χ1v) is 8.98. The highest BCUT2D eigenvalue weighted by molar-refractivity contribution is 6.04. The zero-order valence-electron chi connectivity index (χ0n) is 14.5. The van der Waals surface area contributed by atoms with E-state index < -0.39 is 6.10 Å². The zero-order valence-corrected chi connectivity index (χ0v) is 14.5. The Balaban J connectivity index is 1.36. The molecular weight excluding hydrogens is 331 g/mol. The van der Waals surface area contributed by atoms with Crippen LogP contribution in [0.5, 0.6) is 0 Å². The summed E-state index contributed by atoms with van der Waals surface area (Å²) in [7, 11) is 0. The molecule has 1 N–H and O–H groups in total. The quantitative estimate of drug-likeness (QED) is 0.895. The summed E-state index contributed by atoms with van der Waals surface area (Å²) >= 11 is 0. The van der Waals surface area contributed by atoms with E-state index in [0.717, 1.165) is 12.8 Å². The van der Waals surface area contributed by atoms with Crippen molar-refractivity contribution in [2.45, 2.75) is 37.2 Å². The molecule has 1 aliphatic heterocycles. The summed E-state index contributed by atoms with van der Waals surface area (Å²) in [6.45, 7) is 0.602. The van der Waals surface area contributed by atoms with Crippen LogP contribution in [0.15, 0.2) is 59.8 Å². The molecule has 134 valence electrons. The third-order valence-corrected chi connectivity index (χ3v) is 5.42. The molecule has 0 unspecified atom stereocenters. The van der Waals surface area contributed by atoms with Crippen LogP contribution in [0.25, 0.3) is 0 Å². The summed E-state index contributed by atoms with van der Waals surface area (Å²) in [5.41, 5.74) is 2.56. The monoisotopic (exact) mass is 352 g/mol. The molecule has 4 rings (SSSR count). The zero-order chi connectivity index (χ0) is 18.0. The van der Waals surface area contributed by atoms with Gasteiger partial charge >= 0.3 is 0 Å². The summed E-state index contributed by atoms with van der Waals surface area (Å²) in [5, 5.41) is 7.01. The first-order chi connectivity index (χ1) is 12.7. The number of nitrogens with one attached hydrogen (secondary N) is 1. The minimum atomic E-state index is -0.652. The van der Waals surface area contributed by atoms with E-state index in [1.807, 2.05) is 18.2 Å². The van der Waals surface area contributed by atoms with Gasteiger partial charge in [-0.05, 0) is 30.5 Å². The van der Waals surface area contributed by atoms with Crippen molar-refractivity contribution >= 4 is 11.6 Å². The fourth-order valence-electron chi connectivity index (χ4n) is 3.69. The van der Waals surface area contributed by atoms with Gasteiger partial charge in [0.2, 0.25) is 6.10 Å². The van der Waals surface area contributed by atoms with E-state index in [1.54, 1.807) is 12.1 Å². The fraction of sp³-hybridized carbons (Fsp3) is 0.333. The van der Waals surface area contributed by atoms with Crippen LogP contribution in [-0.2, 0) is 15.0 Å². The van der Waals surface area contributed by atoms with Crippen LogP contribution >= 0.6 is 0 Å². The van der Waals surface area contributed by atoms with E-state index in [2.05, 4.69) is 22.6 Å². The number of benzene rings is 2. The molecule has 1 amide bonds. The van der Waals surface area contributed by atoms with E-state index in [4.69, 9.17) is 4.84 Å². The van der Waals surface area contributed by atoms with E-state index in [-0.39, 0.29) is 17.1 Å². The van der Waals surface area contributed by atoms with Crippen molar-refractivity contribution in [2.24, 2.45) is 5.16 Å². The van der Waals surface area contributed by atoms with Crippen LogP contribution in [0, 0.1) is 5.82 Å². The Hall–Kier alpha value is -2.69. The van der Waals surface area contributed by atoms with Gasteiger partial charge in [0.25, 0.3) is 5.91 Å². The smallest absolute Gasteiger partial charge is 0.264 e. The number of oxime groups is 1. The SMILES string of the molecule is O=C(NCC1(c2ccccc2)CCC1)[C@@H]1CC(c2cccc(F)c2)=NO1. The van der Waals surface area contributed by atoms with Crippen LogP contribution in [-0.4, -0.2) is 24.3 Å². The minimum Gasteiger partial charge on any atom is -0.382 e. The largest absolute Gasteiger partial charge is 0.382 e. The average Bonchev–Trinajstić information content (AvgIpc) is 3.12. The van der Waals surface area contributed by atoms with Crippen molar-refractivity contribution in [3.05, 3.63) is 71.5 Å². The molecule has 2 aromatic carbocycles. The van der Waals surface area contributed by atoms with Crippen molar-refractivity contribution in [1.29, 1.82) is 0 Å². The topological polar surface area (TPSA) is 50.7 Å². The second-order valence-corrected chi connectivity index (χ2v) is 7.06. The standard InChI is InChI=1S/C21H21FN2O2/c22-17-9-4-6-15(12-17)18-13-19(26-24-18)20(25)23-14-21(10-5-11-21)16-7-2-1-3-8-16/h1-4,6-9,12,19H,5,10-11,13-14H2,(H,23,25)/t19-/m0/s1. The predicted molar refractivity (Wildman–Crippen MR) is 97.4 cm³/mol. The van der Waals surface area contributed by atoms with Crippen molar-refractivity contribution in [2.75, 3.05) is 6.54 Å². The van der Waals surface area contributed by atoms with E-state index >= 15 is 0 Å². The molecule has 1 atom stereocenters. The normalized spacial score (nSPS) is 20.7. The molecule has 2 aliphatic rings. The number of hydrogen-bond donors (Lipinski definition) is 1. The van der Waals surface area contributed by atoms with Crippen molar-refractivity contribution in [1.82, 2.24) is 5.32 Å². The molecule has 1 saturated carbocycles. The maximum Gasteiger partial charge on any atom is 0.264 e. The van der Waals surface area contributed by atoms with E-state index in [0.29, 0.717) is 24.2 Å². The van der Waals surface area contributed by atoms with Crippen LogP contribution < -0.4 is 5.32 Å². The molecule has 0 spiro atoms. The Morgan fingerprint density at radius 2 is 2.00 bits per heavy atom. The highest BCUT2D eigenvalue weighted by atomic mass is 19.1. The number of nitrogens with zero attached hydrogens (tertiary/aromatic N) is 1. The Morgan fingerprint density at radius 3 is 2.69 bits per heavy atom. The van der Waals surface area contributed by atoms with Gasteiger partial charge in [-0.25, -0.2) is 4.39 Å². The first-order valence-electron chi connectivity index (χ1n) is 8.98. The number of hydrogen-bond acceptors (Lipinski definition) is 3. The number of carbonyl (C=O) groups is 1. The maximum absolute atomic E-state index is 13.4. The fourth-order valence-corrected chi connectivity index (χ4v) is 3.69. The van der Waals surface area contributed by atoms with Gasteiger partial charge in [-0.15, -0.1) is 0 Å². The minimum absolute atomic E-state index is 0.0295. The van der Waals surface area contributed by atoms with Crippen LogP contribution in [0.3, 0.4) is 0 Å². The number of rotatable bonds is 5. The Kier molecular flexibility index (Phi) is 4.45. The van der Waals surface area contributed by atoms with Gasteiger partial charge in [0.15, 0.2) is 0 Å². The second-order valence-electron chi connectivity index (χ2n) is 7.06. The summed E-state index contributed by atoms with van der Waals surface area (Å²) in [6, 6.07) is 16.5. The lowest BCUT2D eigenvalue weighted by Crippen LogP contribution is -2.48. The lowest BCUT2D eigenvalue weighted by Gasteiger charge is -2.42. The molecule has 1 fully saturated rings. The molecule has 1 heterocycles. The lowest BCUT2D eigenvalue weighted by molar-refractivity contribution is -0.131. The third-order valence-electron chi connectivity index (χ3n) is 5.42. The molecular formula is C21H21FN2O2. The van der Waals surface area contributed by atoms with Gasteiger partial charge in [-0.3, -0.25) is 4.79 Å². The van der Waals surface area contributed by atoms with Crippen LogP contribution in [0.2, 0.25) is 0 Å². The van der Waals surface area contributed by atoms with Crippen LogP contribution in [0.1, 0.15) is 36.8 Å². The van der Waals surface area contributed by atoms with E-state index in [9.17, 15) is 9.18 Å². The third kappa shape index (κ3) is 3.21. The highest BCUT2D eigenvalue weighted by Crippen LogP contribution is 2.43. The van der Waals surface area contributed by atoms with Gasteiger partial charge in [-0.2, -0.15) is 0 Å². The molecule has 0 aromatic heterocycles.